The average molecular weight is 363 g/mol. The van der Waals surface area contributed by atoms with Crippen LogP contribution in [0.2, 0.25) is 0 Å². The highest BCUT2D eigenvalue weighted by molar-refractivity contribution is 5.81. The van der Waals surface area contributed by atoms with E-state index in [2.05, 4.69) is 44.6 Å². The van der Waals surface area contributed by atoms with E-state index in [9.17, 15) is 4.79 Å². The first-order valence-electron chi connectivity index (χ1n) is 9.14. The van der Waals surface area contributed by atoms with Crippen molar-refractivity contribution in [3.63, 3.8) is 0 Å². The number of carbonyl (C=O) groups excluding carboxylic acids is 1. The van der Waals surface area contributed by atoms with Gasteiger partial charge >= 0.3 is 0 Å². The summed E-state index contributed by atoms with van der Waals surface area (Å²) < 4.78 is 1.39. The molecule has 3 rings (SSSR count). The Kier molecular flexibility index (Phi) is 5.86. The smallest absolute Gasteiger partial charge is 0.250 e. The van der Waals surface area contributed by atoms with Crippen LogP contribution in [0.25, 0.3) is 11.4 Å². The maximum Gasteiger partial charge on any atom is 0.250 e. The van der Waals surface area contributed by atoms with Gasteiger partial charge in [0, 0.05) is 38.3 Å². The van der Waals surface area contributed by atoms with Crippen LogP contribution >= 0.6 is 0 Å². The Hall–Kier alpha value is -3.15. The first kappa shape index (κ1) is 18.6. The summed E-state index contributed by atoms with van der Waals surface area (Å²) in [5.74, 6) is 0.965. The number of hydrogen-bond acceptors (Lipinski definition) is 5. The van der Waals surface area contributed by atoms with E-state index in [-0.39, 0.29) is 5.91 Å². The summed E-state index contributed by atoms with van der Waals surface area (Å²) in [4.78, 5) is 19.1. The topological polar surface area (TPSA) is 63.1 Å². The number of nitrogens with zero attached hydrogens (tertiary/aromatic N) is 4. The maximum atomic E-state index is 12.5. The van der Waals surface area contributed by atoms with Crippen molar-refractivity contribution in [2.24, 2.45) is 0 Å². The Balaban J connectivity index is 1.82. The molecule has 0 aliphatic heterocycles. The van der Waals surface area contributed by atoms with Crippen molar-refractivity contribution in [3.05, 3.63) is 60.2 Å². The lowest BCUT2D eigenvalue weighted by atomic mass is 10.2. The third-order valence-corrected chi connectivity index (χ3v) is 4.24. The summed E-state index contributed by atoms with van der Waals surface area (Å²) in [6.07, 6.45) is 1.20. The van der Waals surface area contributed by atoms with Gasteiger partial charge < -0.3 is 10.2 Å². The highest BCUT2D eigenvalue weighted by atomic mass is 16.2. The molecule has 1 N–H and O–H groups in total. The third kappa shape index (κ3) is 4.53. The molecular weight excluding hydrogens is 338 g/mol. The minimum absolute atomic E-state index is 0.0577. The van der Waals surface area contributed by atoms with Crippen molar-refractivity contribution in [1.29, 1.82) is 0 Å². The number of aromatic nitrogens is 3. The number of nitrogens with one attached hydrogen (secondary N) is 1. The molecule has 0 aliphatic rings. The minimum atomic E-state index is -0.0577. The molecular formula is C21H25N5O. The van der Waals surface area contributed by atoms with Gasteiger partial charge in [0.15, 0.2) is 5.82 Å². The molecule has 2 aromatic carbocycles. The summed E-state index contributed by atoms with van der Waals surface area (Å²) in [5.41, 5.74) is 3.14. The molecule has 0 bridgehead atoms. The van der Waals surface area contributed by atoms with E-state index < -0.39 is 0 Å². The van der Waals surface area contributed by atoms with Gasteiger partial charge in [0.25, 0.3) is 0 Å². The average Bonchev–Trinajstić information content (AvgIpc) is 3.12. The summed E-state index contributed by atoms with van der Waals surface area (Å²) in [7, 11) is 4.03. The zero-order chi connectivity index (χ0) is 19.2. The van der Waals surface area contributed by atoms with Crippen LogP contribution in [0.15, 0.2) is 54.6 Å². The summed E-state index contributed by atoms with van der Waals surface area (Å²) >= 11 is 0. The van der Waals surface area contributed by atoms with Crippen LogP contribution in [0.3, 0.4) is 0 Å². The standard InChI is InChI=1S/C21H25N5O/c1-4-8-19(27)26-21(23-20(24-26)17-9-6-5-7-10-17)22-15-16-11-13-18(14-12-16)25(2)3/h5-7,9-14H,4,8,15H2,1-3H3,(H,22,23,24). The molecule has 0 spiro atoms. The predicted octanol–water partition coefficient (Wildman–Crippen LogP) is 4.06. The van der Waals surface area contributed by atoms with Crippen molar-refractivity contribution < 1.29 is 4.79 Å². The lowest BCUT2D eigenvalue weighted by molar-refractivity contribution is 0.0888. The normalized spacial score (nSPS) is 10.6. The maximum absolute atomic E-state index is 12.5. The molecule has 0 atom stereocenters. The third-order valence-electron chi connectivity index (χ3n) is 4.24. The van der Waals surface area contributed by atoms with Crippen molar-refractivity contribution in [3.8, 4) is 11.4 Å². The number of hydrogen-bond donors (Lipinski definition) is 1. The molecule has 1 heterocycles. The van der Waals surface area contributed by atoms with Crippen LogP contribution in [0.5, 0.6) is 0 Å². The fourth-order valence-electron chi connectivity index (χ4n) is 2.72. The zero-order valence-corrected chi connectivity index (χ0v) is 16.0. The van der Waals surface area contributed by atoms with E-state index >= 15 is 0 Å². The van der Waals surface area contributed by atoms with E-state index in [4.69, 9.17) is 0 Å². The van der Waals surface area contributed by atoms with E-state index in [0.717, 1.165) is 23.2 Å². The van der Waals surface area contributed by atoms with E-state index in [1.165, 1.54) is 4.68 Å². The lowest BCUT2D eigenvalue weighted by Gasteiger charge is -2.13. The molecule has 6 heteroatoms. The number of anilines is 2. The molecule has 1 aromatic heterocycles. The van der Waals surface area contributed by atoms with Gasteiger partial charge in [-0.15, -0.1) is 5.10 Å². The van der Waals surface area contributed by atoms with Crippen molar-refractivity contribution in [2.75, 3.05) is 24.3 Å². The Morgan fingerprint density at radius 3 is 2.41 bits per heavy atom. The fourth-order valence-corrected chi connectivity index (χ4v) is 2.72. The SMILES string of the molecule is CCCC(=O)n1nc(-c2ccccc2)nc1NCc1ccc(N(C)C)cc1. The largest absolute Gasteiger partial charge is 0.378 e. The Morgan fingerprint density at radius 1 is 1.07 bits per heavy atom. The second kappa shape index (κ2) is 8.49. The molecule has 3 aromatic rings. The highest BCUT2D eigenvalue weighted by Crippen LogP contribution is 2.19. The van der Waals surface area contributed by atoms with Crippen LogP contribution in [-0.4, -0.2) is 34.8 Å². The van der Waals surface area contributed by atoms with E-state index in [0.29, 0.717) is 24.7 Å². The van der Waals surface area contributed by atoms with Crippen molar-refractivity contribution >= 4 is 17.5 Å². The van der Waals surface area contributed by atoms with Crippen LogP contribution in [0, 0.1) is 0 Å². The van der Waals surface area contributed by atoms with Gasteiger partial charge in [-0.25, -0.2) is 0 Å². The van der Waals surface area contributed by atoms with Crippen LogP contribution < -0.4 is 10.2 Å². The van der Waals surface area contributed by atoms with E-state index in [1.807, 2.05) is 51.4 Å². The Labute approximate surface area is 159 Å². The molecule has 27 heavy (non-hydrogen) atoms. The fraction of sp³-hybridized carbons (Fsp3) is 0.286. The number of carbonyl (C=O) groups is 1. The van der Waals surface area contributed by atoms with Crippen molar-refractivity contribution in [2.45, 2.75) is 26.3 Å². The van der Waals surface area contributed by atoms with Crippen LogP contribution in [0.1, 0.15) is 30.1 Å². The van der Waals surface area contributed by atoms with Gasteiger partial charge in [0.05, 0.1) is 0 Å². The second-order valence-electron chi connectivity index (χ2n) is 6.60. The molecule has 0 saturated heterocycles. The molecule has 0 aliphatic carbocycles. The second-order valence-corrected chi connectivity index (χ2v) is 6.60. The van der Waals surface area contributed by atoms with Gasteiger partial charge in [-0.3, -0.25) is 4.79 Å². The first-order valence-corrected chi connectivity index (χ1v) is 9.14. The molecule has 0 amide bonds. The Morgan fingerprint density at radius 2 is 1.78 bits per heavy atom. The zero-order valence-electron chi connectivity index (χ0n) is 16.0. The van der Waals surface area contributed by atoms with Gasteiger partial charge in [-0.2, -0.15) is 9.67 Å². The van der Waals surface area contributed by atoms with Gasteiger partial charge in [-0.1, -0.05) is 49.4 Å². The molecule has 0 fully saturated rings. The summed E-state index contributed by atoms with van der Waals surface area (Å²) in [6, 6.07) is 18.0. The van der Waals surface area contributed by atoms with Crippen LogP contribution in [-0.2, 0) is 6.54 Å². The molecule has 6 nitrogen and oxygen atoms in total. The minimum Gasteiger partial charge on any atom is -0.378 e. The molecule has 140 valence electrons. The highest BCUT2D eigenvalue weighted by Gasteiger charge is 2.16. The van der Waals surface area contributed by atoms with Crippen LogP contribution in [0.4, 0.5) is 11.6 Å². The summed E-state index contributed by atoms with van der Waals surface area (Å²) in [5, 5.41) is 7.70. The molecule has 0 unspecified atom stereocenters. The monoisotopic (exact) mass is 363 g/mol. The summed E-state index contributed by atoms with van der Waals surface area (Å²) in [6.45, 7) is 2.55. The van der Waals surface area contributed by atoms with Gasteiger partial charge in [0.1, 0.15) is 0 Å². The quantitative estimate of drug-likeness (QED) is 0.686. The van der Waals surface area contributed by atoms with E-state index in [1.54, 1.807) is 0 Å². The van der Waals surface area contributed by atoms with Crippen molar-refractivity contribution in [1.82, 2.24) is 14.8 Å². The molecule has 0 radical (unpaired) electrons. The number of benzene rings is 2. The first-order chi connectivity index (χ1) is 13.1. The predicted molar refractivity (Wildman–Crippen MR) is 109 cm³/mol. The molecule has 0 saturated carbocycles. The lowest BCUT2D eigenvalue weighted by Crippen LogP contribution is -2.16. The van der Waals surface area contributed by atoms with Gasteiger partial charge in [0.2, 0.25) is 11.9 Å². The van der Waals surface area contributed by atoms with Gasteiger partial charge in [-0.05, 0) is 24.1 Å². The number of rotatable bonds is 7. The Bertz CT molecular complexity index is 885.